The number of nitro benzene ring substituents is 1. The molecule has 0 fully saturated rings. The van der Waals surface area contributed by atoms with Crippen molar-refractivity contribution in [2.75, 3.05) is 7.11 Å². The average molecular weight is 522 g/mol. The Morgan fingerprint density at radius 1 is 1.17 bits per heavy atom. The number of alkyl halides is 2. The molecule has 0 aliphatic heterocycles. The maximum atomic E-state index is 12.8. The maximum absolute atomic E-state index is 12.8. The third-order valence-corrected chi connectivity index (χ3v) is 6.56. The fourth-order valence-corrected chi connectivity index (χ4v) is 3.56. The number of nitro groups is 1. The number of halogens is 3. The fourth-order valence-electron chi connectivity index (χ4n) is 2.10. The molecule has 2 aromatic carbocycles. The van der Waals surface area contributed by atoms with Crippen LogP contribution in [0.3, 0.4) is 0 Å². The molecule has 2 aromatic rings. The van der Waals surface area contributed by atoms with Crippen molar-refractivity contribution < 1.29 is 14.5 Å². The van der Waals surface area contributed by atoms with Crippen LogP contribution in [0, 0.1) is 10.1 Å². The van der Waals surface area contributed by atoms with E-state index in [0.717, 1.165) is 10.0 Å². The molecule has 0 spiro atoms. The van der Waals surface area contributed by atoms with Crippen LogP contribution in [0.1, 0.15) is 20.7 Å². The lowest BCUT2D eigenvalue weighted by molar-refractivity contribution is -0.384. The van der Waals surface area contributed by atoms with Gasteiger partial charge in [-0.15, -0.1) is 0 Å². The van der Waals surface area contributed by atoms with Crippen LogP contribution in [0.25, 0.3) is 0 Å². The van der Waals surface area contributed by atoms with E-state index >= 15 is 0 Å². The highest BCUT2D eigenvalue weighted by Gasteiger charge is 2.28. The SMILES string of the molecule is COc1ccc(Br)cc1C(=O)C(Br)C(Br)c1ccc([N+](=O)[O-])cc1. The van der Waals surface area contributed by atoms with Crippen LogP contribution in [-0.2, 0) is 0 Å². The van der Waals surface area contributed by atoms with Crippen molar-refractivity contribution in [2.45, 2.75) is 9.65 Å². The molecule has 0 saturated carbocycles. The Morgan fingerprint density at radius 2 is 1.79 bits per heavy atom. The van der Waals surface area contributed by atoms with E-state index in [-0.39, 0.29) is 16.3 Å². The van der Waals surface area contributed by atoms with Crippen molar-refractivity contribution in [1.29, 1.82) is 0 Å². The Kier molecular flexibility index (Phi) is 6.54. The first-order chi connectivity index (χ1) is 11.3. The minimum Gasteiger partial charge on any atom is -0.496 e. The third-order valence-electron chi connectivity index (χ3n) is 3.36. The summed E-state index contributed by atoms with van der Waals surface area (Å²) in [6.45, 7) is 0. The van der Waals surface area contributed by atoms with Crippen LogP contribution in [0.4, 0.5) is 5.69 Å². The molecule has 0 amide bonds. The van der Waals surface area contributed by atoms with Gasteiger partial charge < -0.3 is 4.74 Å². The number of carbonyl (C=O) groups excluding carboxylic acids is 1. The van der Waals surface area contributed by atoms with Crippen molar-refractivity contribution in [3.63, 3.8) is 0 Å². The van der Waals surface area contributed by atoms with Crippen LogP contribution in [0.5, 0.6) is 5.75 Å². The number of methoxy groups -OCH3 is 1. The number of carbonyl (C=O) groups is 1. The lowest BCUT2D eigenvalue weighted by Gasteiger charge is -2.17. The molecule has 5 nitrogen and oxygen atoms in total. The van der Waals surface area contributed by atoms with Crippen molar-refractivity contribution in [2.24, 2.45) is 0 Å². The van der Waals surface area contributed by atoms with Gasteiger partial charge in [0.25, 0.3) is 5.69 Å². The number of hydrogen-bond acceptors (Lipinski definition) is 4. The molecule has 0 aliphatic rings. The minimum absolute atomic E-state index is 0.00422. The fraction of sp³-hybridized carbons (Fsp3) is 0.188. The Balaban J connectivity index is 2.27. The largest absolute Gasteiger partial charge is 0.496 e. The smallest absolute Gasteiger partial charge is 0.269 e. The lowest BCUT2D eigenvalue weighted by atomic mass is 10.0. The standard InChI is InChI=1S/C16H12Br3NO4/c1-24-13-7-4-10(17)8-12(13)16(21)15(19)14(18)9-2-5-11(6-3-9)20(22)23/h2-8,14-15H,1H3. The Hall–Kier alpha value is -1.25. The highest BCUT2D eigenvalue weighted by Crippen LogP contribution is 2.36. The van der Waals surface area contributed by atoms with Gasteiger partial charge in [-0.3, -0.25) is 14.9 Å². The van der Waals surface area contributed by atoms with Crippen LogP contribution >= 0.6 is 47.8 Å². The second kappa shape index (κ2) is 8.22. The van der Waals surface area contributed by atoms with Gasteiger partial charge in [0.1, 0.15) is 5.75 Å². The molecule has 126 valence electrons. The molecule has 0 bridgehead atoms. The summed E-state index contributed by atoms with van der Waals surface area (Å²) in [5.74, 6) is 0.324. The zero-order chi connectivity index (χ0) is 17.9. The van der Waals surface area contributed by atoms with Crippen LogP contribution in [0.2, 0.25) is 0 Å². The lowest BCUT2D eigenvalue weighted by Crippen LogP contribution is -2.20. The first-order valence-electron chi connectivity index (χ1n) is 6.75. The van der Waals surface area contributed by atoms with Crippen LogP contribution in [0.15, 0.2) is 46.9 Å². The van der Waals surface area contributed by atoms with Crippen LogP contribution < -0.4 is 4.74 Å². The first kappa shape index (κ1) is 19.1. The monoisotopic (exact) mass is 519 g/mol. The second-order valence-electron chi connectivity index (χ2n) is 4.86. The number of benzene rings is 2. The van der Waals surface area contributed by atoms with E-state index in [1.165, 1.54) is 19.2 Å². The zero-order valence-electron chi connectivity index (χ0n) is 12.4. The molecule has 2 unspecified atom stereocenters. The molecule has 0 radical (unpaired) electrons. The number of non-ortho nitro benzene ring substituents is 1. The van der Waals surface area contributed by atoms with Crippen molar-refractivity contribution in [3.05, 3.63) is 68.2 Å². The normalized spacial score (nSPS) is 13.2. The maximum Gasteiger partial charge on any atom is 0.269 e. The molecule has 0 saturated heterocycles. The van der Waals surface area contributed by atoms with Gasteiger partial charge in [0, 0.05) is 16.6 Å². The highest BCUT2D eigenvalue weighted by molar-refractivity contribution is 9.12. The molecular formula is C16H12Br3NO4. The minimum atomic E-state index is -0.567. The summed E-state index contributed by atoms with van der Waals surface area (Å²) in [6, 6.07) is 11.3. The summed E-state index contributed by atoms with van der Waals surface area (Å²) in [7, 11) is 1.51. The topological polar surface area (TPSA) is 69.4 Å². The predicted molar refractivity (Wildman–Crippen MR) is 103 cm³/mol. The zero-order valence-corrected chi connectivity index (χ0v) is 17.2. The molecular weight excluding hydrogens is 510 g/mol. The Labute approximate surface area is 163 Å². The van der Waals surface area contributed by atoms with E-state index in [1.807, 2.05) is 0 Å². The molecule has 0 aromatic heterocycles. The number of nitrogens with zero attached hydrogens (tertiary/aromatic N) is 1. The van der Waals surface area contributed by atoms with Crippen molar-refractivity contribution in [3.8, 4) is 5.75 Å². The molecule has 8 heteroatoms. The summed E-state index contributed by atoms with van der Waals surface area (Å²) in [6.07, 6.45) is 0. The molecule has 2 rings (SSSR count). The summed E-state index contributed by atoms with van der Waals surface area (Å²) < 4.78 is 6.02. The molecule has 2 atom stereocenters. The van der Waals surface area contributed by atoms with E-state index in [1.54, 1.807) is 30.3 Å². The van der Waals surface area contributed by atoms with Gasteiger partial charge in [-0.1, -0.05) is 59.9 Å². The molecule has 0 aliphatic carbocycles. The van der Waals surface area contributed by atoms with E-state index < -0.39 is 9.75 Å². The van der Waals surface area contributed by atoms with Gasteiger partial charge in [-0.2, -0.15) is 0 Å². The quantitative estimate of drug-likeness (QED) is 0.219. The predicted octanol–water partition coefficient (Wildman–Crippen LogP) is 5.45. The van der Waals surface area contributed by atoms with Gasteiger partial charge in [-0.25, -0.2) is 0 Å². The first-order valence-corrected chi connectivity index (χ1v) is 9.38. The van der Waals surface area contributed by atoms with E-state index in [2.05, 4.69) is 47.8 Å². The summed E-state index contributed by atoms with van der Waals surface area (Å²) in [4.78, 5) is 22.1. The van der Waals surface area contributed by atoms with Gasteiger partial charge in [0.2, 0.25) is 0 Å². The summed E-state index contributed by atoms with van der Waals surface area (Å²) >= 11 is 10.2. The van der Waals surface area contributed by atoms with E-state index in [0.29, 0.717) is 11.3 Å². The second-order valence-corrected chi connectivity index (χ2v) is 7.75. The van der Waals surface area contributed by atoms with Gasteiger partial charge in [-0.05, 0) is 23.8 Å². The number of ketones is 1. The van der Waals surface area contributed by atoms with E-state index in [4.69, 9.17) is 4.74 Å². The van der Waals surface area contributed by atoms with Crippen LogP contribution in [-0.4, -0.2) is 22.6 Å². The van der Waals surface area contributed by atoms with Gasteiger partial charge >= 0.3 is 0 Å². The highest BCUT2D eigenvalue weighted by atomic mass is 79.9. The third kappa shape index (κ3) is 4.23. The number of hydrogen-bond donors (Lipinski definition) is 0. The van der Waals surface area contributed by atoms with Crippen molar-refractivity contribution in [1.82, 2.24) is 0 Å². The molecule has 0 heterocycles. The summed E-state index contributed by atoms with van der Waals surface area (Å²) in [5.41, 5.74) is 1.20. The number of Topliss-reactive ketones (excluding diaryl/α,β-unsaturated/α-hetero) is 1. The summed E-state index contributed by atoms with van der Waals surface area (Å²) in [5, 5.41) is 10.7. The van der Waals surface area contributed by atoms with Gasteiger partial charge in [0.05, 0.1) is 27.3 Å². The molecule has 0 N–H and O–H groups in total. The Bertz CT molecular complexity index is 764. The Morgan fingerprint density at radius 3 is 2.33 bits per heavy atom. The van der Waals surface area contributed by atoms with Crippen molar-refractivity contribution >= 4 is 59.3 Å². The van der Waals surface area contributed by atoms with E-state index in [9.17, 15) is 14.9 Å². The van der Waals surface area contributed by atoms with Gasteiger partial charge in [0.15, 0.2) is 5.78 Å². The molecule has 24 heavy (non-hydrogen) atoms. The average Bonchev–Trinajstić information content (AvgIpc) is 2.59. The number of rotatable bonds is 6. The number of ether oxygens (including phenoxy) is 1.